The summed E-state index contributed by atoms with van der Waals surface area (Å²) < 4.78 is 13.9. The molecule has 0 aromatic carbocycles. The molecule has 5 nitrogen and oxygen atoms in total. The van der Waals surface area contributed by atoms with Crippen LogP contribution in [0.2, 0.25) is 0 Å². The molecule has 1 aromatic heterocycles. The number of nitrogens with one attached hydrogen (secondary N) is 1. The van der Waals surface area contributed by atoms with Gasteiger partial charge < -0.3 is 19.4 Å². The third-order valence-corrected chi connectivity index (χ3v) is 5.01. The molecular weight excluding hydrogens is 266 g/mol. The van der Waals surface area contributed by atoms with Gasteiger partial charge in [0.2, 0.25) is 0 Å². The largest absolute Gasteiger partial charge is 0.376 e. The summed E-state index contributed by atoms with van der Waals surface area (Å²) in [6, 6.07) is 0. The Morgan fingerprint density at radius 2 is 2.14 bits per heavy atom. The summed E-state index contributed by atoms with van der Waals surface area (Å²) in [6.45, 7) is 5.07. The molecule has 4 rings (SSSR count). The first-order valence-corrected chi connectivity index (χ1v) is 8.40. The summed E-state index contributed by atoms with van der Waals surface area (Å²) in [5.74, 6) is 1.97. The normalized spacial score (nSPS) is 27.0. The quantitative estimate of drug-likeness (QED) is 0.919. The van der Waals surface area contributed by atoms with Gasteiger partial charge in [-0.25, -0.2) is 4.98 Å². The molecule has 1 saturated heterocycles. The van der Waals surface area contributed by atoms with Crippen LogP contribution in [0.5, 0.6) is 0 Å². The van der Waals surface area contributed by atoms with E-state index in [1.54, 1.807) is 0 Å². The maximum absolute atomic E-state index is 5.87. The van der Waals surface area contributed by atoms with E-state index in [-0.39, 0.29) is 6.10 Å². The Kier molecular flexibility index (Phi) is 3.97. The lowest BCUT2D eigenvalue weighted by atomic mass is 10.1. The Hall–Kier alpha value is -0.910. The predicted octanol–water partition coefficient (Wildman–Crippen LogP) is 1.60. The van der Waals surface area contributed by atoms with Crippen LogP contribution in [-0.4, -0.2) is 42.0 Å². The van der Waals surface area contributed by atoms with E-state index in [2.05, 4.69) is 9.88 Å². The van der Waals surface area contributed by atoms with Gasteiger partial charge in [-0.3, -0.25) is 0 Å². The van der Waals surface area contributed by atoms with Crippen LogP contribution in [0.4, 0.5) is 0 Å². The second kappa shape index (κ2) is 6.07. The minimum atomic E-state index is 0.187. The zero-order valence-corrected chi connectivity index (χ0v) is 12.6. The number of aromatic nitrogens is 2. The first-order chi connectivity index (χ1) is 10.4. The fraction of sp³-hybridized carbons (Fsp3) is 0.812. The van der Waals surface area contributed by atoms with Gasteiger partial charge in [-0.15, -0.1) is 0 Å². The minimum Gasteiger partial charge on any atom is -0.376 e. The molecule has 1 unspecified atom stereocenters. The molecule has 1 aliphatic carbocycles. The van der Waals surface area contributed by atoms with Crippen molar-refractivity contribution >= 4 is 0 Å². The second-order valence-electron chi connectivity index (χ2n) is 6.45. The van der Waals surface area contributed by atoms with Gasteiger partial charge in [-0.05, 0) is 12.8 Å². The molecule has 0 radical (unpaired) electrons. The van der Waals surface area contributed by atoms with Crippen LogP contribution in [-0.2, 0) is 29.0 Å². The molecule has 2 fully saturated rings. The SMILES string of the molecule is C1CCC(c2nc3c(n2CC2COCCO2)CCNC3)C1. The van der Waals surface area contributed by atoms with Crippen molar-refractivity contribution in [1.82, 2.24) is 14.9 Å². The highest BCUT2D eigenvalue weighted by molar-refractivity contribution is 5.22. The van der Waals surface area contributed by atoms with Crippen molar-refractivity contribution in [2.45, 2.75) is 57.2 Å². The maximum atomic E-state index is 5.87. The second-order valence-corrected chi connectivity index (χ2v) is 6.45. The Morgan fingerprint density at radius 3 is 2.95 bits per heavy atom. The van der Waals surface area contributed by atoms with Gasteiger partial charge in [0.25, 0.3) is 0 Å². The van der Waals surface area contributed by atoms with Crippen molar-refractivity contribution in [3.05, 3.63) is 17.2 Å². The molecule has 0 spiro atoms. The van der Waals surface area contributed by atoms with E-state index < -0.39 is 0 Å². The van der Waals surface area contributed by atoms with Crippen molar-refractivity contribution in [3.8, 4) is 0 Å². The van der Waals surface area contributed by atoms with Crippen molar-refractivity contribution in [2.24, 2.45) is 0 Å². The third kappa shape index (κ3) is 2.74. The number of hydrogen-bond acceptors (Lipinski definition) is 4. The minimum absolute atomic E-state index is 0.187. The van der Waals surface area contributed by atoms with Crippen LogP contribution in [0.1, 0.15) is 48.8 Å². The molecular formula is C16H25N3O2. The zero-order valence-electron chi connectivity index (χ0n) is 12.6. The Morgan fingerprint density at radius 1 is 1.24 bits per heavy atom. The molecule has 2 aliphatic heterocycles. The molecule has 3 heterocycles. The number of ether oxygens (including phenoxy) is 2. The summed E-state index contributed by atoms with van der Waals surface area (Å²) in [6.07, 6.45) is 6.57. The van der Waals surface area contributed by atoms with Crippen molar-refractivity contribution in [1.29, 1.82) is 0 Å². The van der Waals surface area contributed by atoms with E-state index in [1.165, 1.54) is 42.9 Å². The van der Waals surface area contributed by atoms with Crippen molar-refractivity contribution in [3.63, 3.8) is 0 Å². The van der Waals surface area contributed by atoms with Crippen LogP contribution in [0.25, 0.3) is 0 Å². The van der Waals surface area contributed by atoms with E-state index in [9.17, 15) is 0 Å². The monoisotopic (exact) mass is 291 g/mol. The van der Waals surface area contributed by atoms with E-state index in [0.29, 0.717) is 5.92 Å². The van der Waals surface area contributed by atoms with Gasteiger partial charge in [0.1, 0.15) is 5.82 Å². The third-order valence-electron chi connectivity index (χ3n) is 5.01. The molecule has 5 heteroatoms. The maximum Gasteiger partial charge on any atom is 0.112 e. The number of hydrogen-bond donors (Lipinski definition) is 1. The Bertz CT molecular complexity index is 488. The number of imidazole rings is 1. The lowest BCUT2D eigenvalue weighted by Crippen LogP contribution is -2.34. The molecule has 0 bridgehead atoms. The lowest BCUT2D eigenvalue weighted by Gasteiger charge is -2.26. The van der Waals surface area contributed by atoms with E-state index in [0.717, 1.165) is 45.9 Å². The fourth-order valence-electron chi connectivity index (χ4n) is 3.94. The van der Waals surface area contributed by atoms with Gasteiger partial charge in [0, 0.05) is 31.1 Å². The van der Waals surface area contributed by atoms with Crippen molar-refractivity contribution in [2.75, 3.05) is 26.4 Å². The standard InChI is InChI=1S/C16H25N3O2/c1-2-4-12(3-1)16-18-14-9-17-6-5-15(14)19(16)10-13-11-20-7-8-21-13/h12-13,17H,1-11H2. The van der Waals surface area contributed by atoms with E-state index >= 15 is 0 Å². The Balaban J connectivity index is 1.63. The van der Waals surface area contributed by atoms with Gasteiger partial charge >= 0.3 is 0 Å². The lowest BCUT2D eigenvalue weighted by molar-refractivity contribution is -0.0940. The zero-order chi connectivity index (χ0) is 14.1. The number of fused-ring (bicyclic) bond motifs is 1. The predicted molar refractivity (Wildman–Crippen MR) is 79.4 cm³/mol. The van der Waals surface area contributed by atoms with E-state index in [4.69, 9.17) is 14.5 Å². The first-order valence-electron chi connectivity index (χ1n) is 8.40. The highest BCUT2D eigenvalue weighted by Gasteiger charge is 2.28. The number of nitrogens with zero attached hydrogens (tertiary/aromatic N) is 2. The van der Waals surface area contributed by atoms with Crippen LogP contribution < -0.4 is 5.32 Å². The summed E-state index contributed by atoms with van der Waals surface area (Å²) in [4.78, 5) is 5.00. The molecule has 1 aromatic rings. The highest BCUT2D eigenvalue weighted by Crippen LogP contribution is 2.35. The molecule has 3 aliphatic rings. The van der Waals surface area contributed by atoms with Crippen LogP contribution in [0.15, 0.2) is 0 Å². The number of rotatable bonds is 3. The average Bonchev–Trinajstić information content (AvgIpc) is 3.16. The summed E-state index contributed by atoms with van der Waals surface area (Å²) in [5.41, 5.74) is 2.70. The van der Waals surface area contributed by atoms with Crippen molar-refractivity contribution < 1.29 is 9.47 Å². The van der Waals surface area contributed by atoms with Gasteiger partial charge in [0.15, 0.2) is 0 Å². The van der Waals surface area contributed by atoms with Crippen LogP contribution in [0, 0.1) is 0 Å². The summed E-state index contributed by atoms with van der Waals surface area (Å²) in [5, 5.41) is 3.44. The molecule has 21 heavy (non-hydrogen) atoms. The van der Waals surface area contributed by atoms with Crippen LogP contribution in [0.3, 0.4) is 0 Å². The average molecular weight is 291 g/mol. The summed E-state index contributed by atoms with van der Waals surface area (Å²) in [7, 11) is 0. The van der Waals surface area contributed by atoms with Gasteiger partial charge in [0.05, 0.1) is 38.2 Å². The molecule has 1 atom stereocenters. The van der Waals surface area contributed by atoms with Gasteiger partial charge in [-0.2, -0.15) is 0 Å². The molecule has 1 N–H and O–H groups in total. The fourth-order valence-corrected chi connectivity index (χ4v) is 3.94. The Labute approximate surface area is 126 Å². The summed E-state index contributed by atoms with van der Waals surface area (Å²) >= 11 is 0. The molecule has 0 amide bonds. The van der Waals surface area contributed by atoms with Crippen LogP contribution >= 0.6 is 0 Å². The molecule has 116 valence electrons. The molecule has 1 saturated carbocycles. The van der Waals surface area contributed by atoms with E-state index in [1.807, 2.05) is 0 Å². The topological polar surface area (TPSA) is 48.3 Å². The first kappa shape index (κ1) is 13.7. The highest BCUT2D eigenvalue weighted by atomic mass is 16.6. The van der Waals surface area contributed by atoms with Gasteiger partial charge in [-0.1, -0.05) is 12.8 Å². The smallest absolute Gasteiger partial charge is 0.112 e.